The van der Waals surface area contributed by atoms with E-state index in [-0.39, 0.29) is 0 Å². The summed E-state index contributed by atoms with van der Waals surface area (Å²) in [5.41, 5.74) is 14.3. The lowest BCUT2D eigenvalue weighted by molar-refractivity contribution is 0.669. The number of aromatic nitrogens is 1. The summed E-state index contributed by atoms with van der Waals surface area (Å²) in [5, 5.41) is 6.81. The predicted octanol–water partition coefficient (Wildman–Crippen LogP) is 15.4. The van der Waals surface area contributed by atoms with Gasteiger partial charge in [0.2, 0.25) is 0 Å². The number of rotatable bonds is 6. The molecule has 0 spiro atoms. The maximum Gasteiger partial charge on any atom is 0.145 e. The smallest absolute Gasteiger partial charge is 0.145 e. The average Bonchev–Trinajstić information content (AvgIpc) is 3.97. The number of benzene rings is 9. The molecule has 58 heavy (non-hydrogen) atoms. The maximum absolute atomic E-state index is 6.97. The summed E-state index contributed by atoms with van der Waals surface area (Å²) in [6.07, 6.45) is 0. The molecule has 0 saturated carbocycles. The molecule has 0 bridgehead atoms. The fourth-order valence-corrected chi connectivity index (χ4v) is 9.08. The largest absolute Gasteiger partial charge is 0.455 e. The maximum atomic E-state index is 6.97. The number of fused-ring (bicyclic) bond motifs is 9. The van der Waals surface area contributed by atoms with Crippen LogP contribution < -0.4 is 4.90 Å². The molecule has 0 radical (unpaired) electrons. The molecule has 272 valence electrons. The van der Waals surface area contributed by atoms with E-state index < -0.39 is 0 Å². The Morgan fingerprint density at radius 3 is 1.72 bits per heavy atom. The first-order chi connectivity index (χ1) is 28.8. The van der Waals surface area contributed by atoms with Gasteiger partial charge in [-0.25, -0.2) is 0 Å². The number of anilines is 3. The van der Waals surface area contributed by atoms with Crippen molar-refractivity contribution in [3.05, 3.63) is 206 Å². The minimum absolute atomic E-state index is 0.844. The molecule has 12 aromatic rings. The Balaban J connectivity index is 1.10. The van der Waals surface area contributed by atoms with Gasteiger partial charge in [0.1, 0.15) is 22.3 Å². The van der Waals surface area contributed by atoms with E-state index in [0.29, 0.717) is 0 Å². The summed E-state index contributed by atoms with van der Waals surface area (Å²) >= 11 is 0. The van der Waals surface area contributed by atoms with E-state index in [1.54, 1.807) is 0 Å². The molecule has 4 heteroatoms. The molecule has 12 rings (SSSR count). The lowest BCUT2D eigenvalue weighted by atomic mass is 9.97. The van der Waals surface area contributed by atoms with Crippen molar-refractivity contribution in [2.24, 2.45) is 0 Å². The van der Waals surface area contributed by atoms with Crippen LogP contribution in [0.3, 0.4) is 0 Å². The fraction of sp³-hybridized carbons (Fsp3) is 0. The van der Waals surface area contributed by atoms with Crippen molar-refractivity contribution < 1.29 is 8.83 Å². The number of hydrogen-bond acceptors (Lipinski definition) is 3. The van der Waals surface area contributed by atoms with Crippen LogP contribution in [0.2, 0.25) is 0 Å². The van der Waals surface area contributed by atoms with Crippen LogP contribution in [0.15, 0.2) is 215 Å². The first kappa shape index (κ1) is 32.4. The first-order valence-electron chi connectivity index (χ1n) is 19.7. The molecule has 0 fully saturated rings. The van der Waals surface area contributed by atoms with Crippen LogP contribution in [0.4, 0.5) is 17.1 Å². The van der Waals surface area contributed by atoms with Crippen molar-refractivity contribution in [3.63, 3.8) is 0 Å². The molecule has 0 atom stereocenters. The van der Waals surface area contributed by atoms with Gasteiger partial charge >= 0.3 is 0 Å². The van der Waals surface area contributed by atoms with Gasteiger partial charge in [-0.05, 0) is 72.3 Å². The van der Waals surface area contributed by atoms with Gasteiger partial charge in [0, 0.05) is 55.0 Å². The third-order valence-corrected chi connectivity index (χ3v) is 11.6. The summed E-state index contributed by atoms with van der Waals surface area (Å²) in [5.74, 6) is 0. The number of hydrogen-bond donors (Lipinski definition) is 0. The second-order valence-corrected chi connectivity index (χ2v) is 14.8. The normalized spacial score (nSPS) is 11.8. The van der Waals surface area contributed by atoms with Crippen LogP contribution in [0, 0.1) is 0 Å². The van der Waals surface area contributed by atoms with E-state index in [2.05, 4.69) is 198 Å². The van der Waals surface area contributed by atoms with Gasteiger partial charge in [0.15, 0.2) is 0 Å². The summed E-state index contributed by atoms with van der Waals surface area (Å²) in [4.78, 5) is 2.36. The van der Waals surface area contributed by atoms with Crippen LogP contribution in [0.5, 0.6) is 0 Å². The standard InChI is InChI=1S/C54H34N2O2/c1-2-17-36(18-3-1)55(37-19-14-16-35(34-37)38-25-15-26-43-42-23-7-12-30-50(42)57-53(38)43)49-33-32-44(54-52(49)45-24-8-13-31-51(45)58-54)41-22-6-11-29-48(41)56-46-27-9-4-20-39(46)40-21-5-10-28-47(40)56/h1-34H. The Morgan fingerprint density at radius 1 is 0.362 bits per heavy atom. The summed E-state index contributed by atoms with van der Waals surface area (Å²) in [6.45, 7) is 0. The number of para-hydroxylation sites is 7. The van der Waals surface area contributed by atoms with Crippen LogP contribution in [-0.2, 0) is 0 Å². The molecule has 0 aliphatic carbocycles. The van der Waals surface area contributed by atoms with Gasteiger partial charge in [-0.3, -0.25) is 0 Å². The minimum Gasteiger partial charge on any atom is -0.455 e. The van der Waals surface area contributed by atoms with Crippen molar-refractivity contribution in [3.8, 4) is 27.9 Å². The minimum atomic E-state index is 0.844. The lowest BCUT2D eigenvalue weighted by Crippen LogP contribution is -2.10. The predicted molar refractivity (Wildman–Crippen MR) is 241 cm³/mol. The summed E-state index contributed by atoms with van der Waals surface area (Å²) < 4.78 is 15.9. The average molecular weight is 743 g/mol. The molecular formula is C54H34N2O2. The quantitative estimate of drug-likeness (QED) is 0.170. The monoisotopic (exact) mass is 742 g/mol. The lowest BCUT2D eigenvalue weighted by Gasteiger charge is -2.27. The molecule has 9 aromatic carbocycles. The van der Waals surface area contributed by atoms with Gasteiger partial charge in [-0.1, -0.05) is 140 Å². The third-order valence-electron chi connectivity index (χ3n) is 11.6. The molecule has 0 unspecified atom stereocenters. The Kier molecular flexibility index (Phi) is 7.20. The molecule has 3 heterocycles. The van der Waals surface area contributed by atoms with E-state index in [4.69, 9.17) is 8.83 Å². The molecule has 0 aliphatic heterocycles. The van der Waals surface area contributed by atoms with Gasteiger partial charge in [-0.15, -0.1) is 0 Å². The highest BCUT2D eigenvalue weighted by molar-refractivity contribution is 6.18. The third kappa shape index (κ3) is 4.88. The second kappa shape index (κ2) is 12.9. The Morgan fingerprint density at radius 2 is 0.931 bits per heavy atom. The Labute approximate surface area is 334 Å². The zero-order valence-electron chi connectivity index (χ0n) is 31.3. The highest BCUT2D eigenvalue weighted by Crippen LogP contribution is 2.48. The molecular weight excluding hydrogens is 709 g/mol. The van der Waals surface area contributed by atoms with Gasteiger partial charge < -0.3 is 18.3 Å². The highest BCUT2D eigenvalue weighted by atomic mass is 16.3. The van der Waals surface area contributed by atoms with E-state index in [1.165, 1.54) is 21.8 Å². The fourth-order valence-electron chi connectivity index (χ4n) is 9.08. The van der Waals surface area contributed by atoms with E-state index in [0.717, 1.165) is 88.9 Å². The van der Waals surface area contributed by atoms with Crippen molar-refractivity contribution in [1.82, 2.24) is 4.57 Å². The van der Waals surface area contributed by atoms with Crippen molar-refractivity contribution >= 4 is 82.7 Å². The molecule has 4 nitrogen and oxygen atoms in total. The van der Waals surface area contributed by atoms with Gasteiger partial charge in [-0.2, -0.15) is 0 Å². The van der Waals surface area contributed by atoms with Gasteiger partial charge in [0.05, 0.1) is 27.8 Å². The number of nitrogens with zero attached hydrogens (tertiary/aromatic N) is 2. The number of furan rings is 2. The summed E-state index contributed by atoms with van der Waals surface area (Å²) in [7, 11) is 0. The Bertz CT molecular complexity index is 3480. The molecule has 0 amide bonds. The van der Waals surface area contributed by atoms with E-state index >= 15 is 0 Å². The van der Waals surface area contributed by atoms with Crippen molar-refractivity contribution in [2.45, 2.75) is 0 Å². The first-order valence-corrected chi connectivity index (χ1v) is 19.7. The van der Waals surface area contributed by atoms with E-state index in [9.17, 15) is 0 Å². The van der Waals surface area contributed by atoms with Crippen LogP contribution in [0.1, 0.15) is 0 Å². The highest BCUT2D eigenvalue weighted by Gasteiger charge is 2.24. The molecule has 0 aliphatic rings. The van der Waals surface area contributed by atoms with E-state index in [1.807, 2.05) is 18.2 Å². The Hall–Kier alpha value is -7.82. The van der Waals surface area contributed by atoms with Crippen LogP contribution in [0.25, 0.3) is 93.6 Å². The molecule has 0 saturated heterocycles. The van der Waals surface area contributed by atoms with Crippen LogP contribution in [-0.4, -0.2) is 4.57 Å². The van der Waals surface area contributed by atoms with Crippen molar-refractivity contribution in [2.75, 3.05) is 4.90 Å². The topological polar surface area (TPSA) is 34.5 Å². The SMILES string of the molecule is c1ccc(N(c2cccc(-c3cccc4c3oc3ccccc34)c2)c2ccc(-c3ccccc3-n3c4ccccc4c4ccccc43)c3oc4ccccc4c23)cc1. The summed E-state index contributed by atoms with van der Waals surface area (Å²) in [6, 6.07) is 73.0. The second-order valence-electron chi connectivity index (χ2n) is 14.8. The van der Waals surface area contributed by atoms with Gasteiger partial charge in [0.25, 0.3) is 0 Å². The molecule has 0 N–H and O–H groups in total. The molecule has 3 aromatic heterocycles. The van der Waals surface area contributed by atoms with Crippen molar-refractivity contribution in [1.29, 1.82) is 0 Å². The zero-order valence-corrected chi connectivity index (χ0v) is 31.3. The van der Waals surface area contributed by atoms with Crippen LogP contribution >= 0.6 is 0 Å². The zero-order chi connectivity index (χ0) is 38.2.